The van der Waals surface area contributed by atoms with E-state index in [9.17, 15) is 5.11 Å². The minimum Gasteiger partial charge on any atom is -0.507 e. The Labute approximate surface area is 105 Å². The van der Waals surface area contributed by atoms with Crippen molar-refractivity contribution in [2.24, 2.45) is 0 Å². The maximum atomic E-state index is 9.84. The van der Waals surface area contributed by atoms with Gasteiger partial charge in [0.1, 0.15) is 5.75 Å². The van der Waals surface area contributed by atoms with Crippen molar-refractivity contribution < 1.29 is 5.11 Å². The van der Waals surface area contributed by atoms with E-state index in [-0.39, 0.29) is 5.75 Å². The first kappa shape index (κ1) is 10.8. The molecule has 3 aromatic rings. The number of aryl methyl sites for hydroxylation is 1. The zero-order chi connectivity index (χ0) is 12.5. The van der Waals surface area contributed by atoms with Crippen molar-refractivity contribution in [3.8, 4) is 5.75 Å². The Bertz CT molecular complexity index is 689. The molecule has 0 fully saturated rings. The lowest BCUT2D eigenvalue weighted by atomic mass is 10.2. The van der Waals surface area contributed by atoms with Crippen LogP contribution in [0.3, 0.4) is 0 Å². The first-order valence-electron chi connectivity index (χ1n) is 5.80. The lowest BCUT2D eigenvalue weighted by Gasteiger charge is -2.04. The number of rotatable bonds is 2. The van der Waals surface area contributed by atoms with E-state index in [0.29, 0.717) is 11.9 Å². The molecule has 0 atom stereocenters. The van der Waals surface area contributed by atoms with Gasteiger partial charge in [-0.1, -0.05) is 30.3 Å². The van der Waals surface area contributed by atoms with Gasteiger partial charge in [-0.15, -0.1) is 0 Å². The summed E-state index contributed by atoms with van der Waals surface area (Å²) in [6.07, 6.45) is 1.65. The Morgan fingerprint density at radius 1 is 1.22 bits per heavy atom. The van der Waals surface area contributed by atoms with Crippen LogP contribution >= 0.6 is 0 Å². The van der Waals surface area contributed by atoms with Crippen LogP contribution in [0.15, 0.2) is 42.6 Å². The van der Waals surface area contributed by atoms with E-state index in [2.05, 4.69) is 10.1 Å². The van der Waals surface area contributed by atoms with Crippen LogP contribution in [0.2, 0.25) is 0 Å². The Hall–Kier alpha value is -2.36. The van der Waals surface area contributed by atoms with E-state index in [1.54, 1.807) is 16.9 Å². The van der Waals surface area contributed by atoms with Crippen molar-refractivity contribution in [2.45, 2.75) is 13.5 Å². The molecule has 1 aromatic carbocycles. The quantitative estimate of drug-likeness (QED) is 0.747. The average molecular weight is 239 g/mol. The van der Waals surface area contributed by atoms with Gasteiger partial charge in [0.25, 0.3) is 0 Å². The summed E-state index contributed by atoms with van der Waals surface area (Å²) in [6.45, 7) is 2.51. The highest BCUT2D eigenvalue weighted by atomic mass is 16.3. The van der Waals surface area contributed by atoms with Crippen LogP contribution in [-0.4, -0.2) is 19.9 Å². The van der Waals surface area contributed by atoms with Crippen LogP contribution in [0.5, 0.6) is 5.75 Å². The maximum Gasteiger partial charge on any atom is 0.162 e. The van der Waals surface area contributed by atoms with Crippen LogP contribution in [0.1, 0.15) is 11.3 Å². The standard InChI is InChI=1S/C14H13N3O/c1-10-7-13(18)12-8-15-17(14(12)16-10)9-11-5-3-2-4-6-11/h2-8H,9H2,1H3,(H,16,18). The molecule has 2 heterocycles. The Morgan fingerprint density at radius 2 is 2.00 bits per heavy atom. The number of aromatic hydroxyl groups is 1. The molecule has 0 saturated heterocycles. The minimum absolute atomic E-state index is 0.233. The number of hydrogen-bond donors (Lipinski definition) is 1. The largest absolute Gasteiger partial charge is 0.507 e. The maximum absolute atomic E-state index is 9.84. The van der Waals surface area contributed by atoms with E-state index < -0.39 is 0 Å². The molecule has 0 aliphatic rings. The second-order valence-electron chi connectivity index (χ2n) is 4.31. The molecule has 0 radical (unpaired) electrons. The van der Waals surface area contributed by atoms with Crippen molar-refractivity contribution >= 4 is 11.0 Å². The number of hydrogen-bond acceptors (Lipinski definition) is 3. The summed E-state index contributed by atoms with van der Waals surface area (Å²) in [5.41, 5.74) is 2.66. The molecule has 0 aliphatic heterocycles. The molecule has 18 heavy (non-hydrogen) atoms. The molecular formula is C14H13N3O. The van der Waals surface area contributed by atoms with Crippen LogP contribution < -0.4 is 0 Å². The van der Waals surface area contributed by atoms with Gasteiger partial charge in [0.15, 0.2) is 5.65 Å². The lowest BCUT2D eigenvalue weighted by molar-refractivity contribution is 0.480. The van der Waals surface area contributed by atoms with Gasteiger partial charge in [-0.3, -0.25) is 0 Å². The molecule has 90 valence electrons. The van der Waals surface area contributed by atoms with Gasteiger partial charge < -0.3 is 5.11 Å². The molecule has 0 aliphatic carbocycles. The van der Waals surface area contributed by atoms with E-state index in [1.807, 2.05) is 37.3 Å². The van der Waals surface area contributed by atoms with Gasteiger partial charge in [0.05, 0.1) is 18.1 Å². The van der Waals surface area contributed by atoms with Gasteiger partial charge in [-0.25, -0.2) is 9.67 Å². The van der Waals surface area contributed by atoms with Crippen molar-refractivity contribution in [1.82, 2.24) is 14.8 Å². The van der Waals surface area contributed by atoms with E-state index in [0.717, 1.165) is 16.9 Å². The fourth-order valence-electron chi connectivity index (χ4n) is 2.02. The zero-order valence-electron chi connectivity index (χ0n) is 10.0. The highest BCUT2D eigenvalue weighted by Gasteiger charge is 2.09. The molecule has 4 heteroatoms. The highest BCUT2D eigenvalue weighted by molar-refractivity contribution is 5.81. The summed E-state index contributed by atoms with van der Waals surface area (Å²) in [5, 5.41) is 14.8. The Kier molecular flexibility index (Phi) is 2.48. The fourth-order valence-corrected chi connectivity index (χ4v) is 2.02. The summed E-state index contributed by atoms with van der Waals surface area (Å²) in [4.78, 5) is 4.43. The number of pyridine rings is 1. The second kappa shape index (κ2) is 4.14. The number of nitrogens with zero attached hydrogens (tertiary/aromatic N) is 3. The predicted octanol–water partition coefficient (Wildman–Crippen LogP) is 2.49. The molecule has 0 amide bonds. The first-order chi connectivity index (χ1) is 8.74. The molecule has 0 unspecified atom stereocenters. The molecule has 3 rings (SSSR count). The normalized spacial score (nSPS) is 10.9. The second-order valence-corrected chi connectivity index (χ2v) is 4.31. The van der Waals surface area contributed by atoms with Gasteiger partial charge in [-0.2, -0.15) is 5.10 Å². The molecule has 0 spiro atoms. The van der Waals surface area contributed by atoms with Crippen molar-refractivity contribution in [1.29, 1.82) is 0 Å². The van der Waals surface area contributed by atoms with Crippen molar-refractivity contribution in [2.75, 3.05) is 0 Å². The third kappa shape index (κ3) is 1.82. The molecule has 4 nitrogen and oxygen atoms in total. The molecule has 2 aromatic heterocycles. The summed E-state index contributed by atoms with van der Waals surface area (Å²) in [6, 6.07) is 11.7. The van der Waals surface area contributed by atoms with Gasteiger partial charge >= 0.3 is 0 Å². The van der Waals surface area contributed by atoms with Crippen LogP contribution in [0, 0.1) is 6.92 Å². The van der Waals surface area contributed by atoms with E-state index >= 15 is 0 Å². The van der Waals surface area contributed by atoms with Gasteiger partial charge in [0.2, 0.25) is 0 Å². The summed E-state index contributed by atoms with van der Waals surface area (Å²) >= 11 is 0. The lowest BCUT2D eigenvalue weighted by Crippen LogP contribution is -2.02. The third-order valence-electron chi connectivity index (χ3n) is 2.89. The summed E-state index contributed by atoms with van der Waals surface area (Å²) < 4.78 is 1.80. The SMILES string of the molecule is Cc1cc(O)c2cnn(Cc3ccccc3)c2n1. The smallest absolute Gasteiger partial charge is 0.162 e. The average Bonchev–Trinajstić information content (AvgIpc) is 2.74. The summed E-state index contributed by atoms with van der Waals surface area (Å²) in [7, 11) is 0. The van der Waals surface area contributed by atoms with Crippen molar-refractivity contribution in [3.05, 3.63) is 53.9 Å². The van der Waals surface area contributed by atoms with E-state index in [4.69, 9.17) is 0 Å². The van der Waals surface area contributed by atoms with Crippen molar-refractivity contribution in [3.63, 3.8) is 0 Å². The first-order valence-corrected chi connectivity index (χ1v) is 5.80. The predicted molar refractivity (Wildman–Crippen MR) is 69.5 cm³/mol. The zero-order valence-corrected chi connectivity index (χ0v) is 10.0. The van der Waals surface area contributed by atoms with E-state index in [1.165, 1.54) is 0 Å². The van der Waals surface area contributed by atoms with Crippen LogP contribution in [0.25, 0.3) is 11.0 Å². The molecular weight excluding hydrogens is 226 g/mol. The highest BCUT2D eigenvalue weighted by Crippen LogP contribution is 2.23. The molecule has 1 N–H and O–H groups in total. The van der Waals surface area contributed by atoms with Crippen LogP contribution in [-0.2, 0) is 6.54 Å². The third-order valence-corrected chi connectivity index (χ3v) is 2.89. The Balaban J connectivity index is 2.08. The topological polar surface area (TPSA) is 50.9 Å². The molecule has 0 saturated carbocycles. The monoisotopic (exact) mass is 239 g/mol. The number of aromatic nitrogens is 3. The van der Waals surface area contributed by atoms with Gasteiger partial charge in [0, 0.05) is 11.8 Å². The van der Waals surface area contributed by atoms with Gasteiger partial charge in [-0.05, 0) is 12.5 Å². The minimum atomic E-state index is 0.233. The fraction of sp³-hybridized carbons (Fsp3) is 0.143. The Morgan fingerprint density at radius 3 is 2.78 bits per heavy atom. The summed E-state index contributed by atoms with van der Waals surface area (Å²) in [5.74, 6) is 0.233. The number of benzene rings is 1. The molecule has 0 bridgehead atoms. The number of fused-ring (bicyclic) bond motifs is 1. The van der Waals surface area contributed by atoms with Crippen LogP contribution in [0.4, 0.5) is 0 Å².